The number of methoxy groups -OCH3 is 1. The molecule has 1 saturated heterocycles. The van der Waals surface area contributed by atoms with Crippen molar-refractivity contribution in [2.45, 2.75) is 12.5 Å². The molecular weight excluding hydrogens is 361 g/mol. The molecule has 1 aliphatic rings. The van der Waals surface area contributed by atoms with E-state index in [2.05, 4.69) is 15.5 Å². The van der Waals surface area contributed by atoms with Gasteiger partial charge in [0.1, 0.15) is 0 Å². The molecule has 132 valence electrons. The molecule has 1 fully saturated rings. The van der Waals surface area contributed by atoms with Crippen LogP contribution in [0.5, 0.6) is 0 Å². The zero-order chi connectivity index (χ0) is 15.1. The van der Waals surface area contributed by atoms with Gasteiger partial charge in [0.25, 0.3) is 0 Å². The van der Waals surface area contributed by atoms with Crippen LogP contribution < -0.4 is 15.5 Å². The number of nitrogens with one attached hydrogen (secondary N) is 2. The van der Waals surface area contributed by atoms with Crippen molar-refractivity contribution in [3.05, 3.63) is 29.3 Å². The summed E-state index contributed by atoms with van der Waals surface area (Å²) >= 11 is 6.01. The molecule has 1 amide bonds. The van der Waals surface area contributed by atoms with Crippen LogP contribution in [0.1, 0.15) is 6.42 Å². The number of halogens is 3. The zero-order valence-electron chi connectivity index (χ0n) is 13.1. The van der Waals surface area contributed by atoms with Crippen molar-refractivity contribution in [3.8, 4) is 0 Å². The Kier molecular flexibility index (Phi) is 11.4. The maximum Gasteiger partial charge on any atom is 0.234 e. The number of amides is 1. The number of ether oxygens (including phenoxy) is 1. The number of carbonyl (C=O) groups excluding carboxylic acids is 1. The van der Waals surface area contributed by atoms with Gasteiger partial charge in [0.05, 0.1) is 13.2 Å². The lowest BCUT2D eigenvalue weighted by atomic mass is 10.2. The lowest BCUT2D eigenvalue weighted by molar-refractivity contribution is -0.120. The first-order valence-electron chi connectivity index (χ1n) is 7.18. The Labute approximate surface area is 154 Å². The molecule has 8 heteroatoms. The normalized spacial score (nSPS) is 16.4. The highest BCUT2D eigenvalue weighted by atomic mass is 35.5. The molecule has 0 bridgehead atoms. The average Bonchev–Trinajstić information content (AvgIpc) is 2.92. The minimum atomic E-state index is 0. The van der Waals surface area contributed by atoms with Crippen LogP contribution in [-0.4, -0.2) is 51.8 Å². The third-order valence-corrected chi connectivity index (χ3v) is 3.73. The highest BCUT2D eigenvalue weighted by Gasteiger charge is 2.23. The smallest absolute Gasteiger partial charge is 0.234 e. The number of benzene rings is 1. The predicted molar refractivity (Wildman–Crippen MR) is 99.5 cm³/mol. The molecule has 0 spiro atoms. The first-order chi connectivity index (χ1) is 10.2. The van der Waals surface area contributed by atoms with Gasteiger partial charge in [0.15, 0.2) is 0 Å². The van der Waals surface area contributed by atoms with Crippen molar-refractivity contribution in [1.82, 2.24) is 10.6 Å². The molecule has 1 aliphatic heterocycles. The molecule has 2 N–H and O–H groups in total. The standard InChI is InChI=1S/C15H22ClN3O2.2ClH/c1-21-8-6-17-10-15(20)18-13-5-7-19(11-13)14-4-2-3-12(16)9-14;;/h2-4,9,13,17H,5-8,10-11H2,1H3,(H,18,20);2*1H. The van der Waals surface area contributed by atoms with E-state index in [0.29, 0.717) is 19.7 Å². The SMILES string of the molecule is COCCNCC(=O)NC1CCN(c2cccc(Cl)c2)C1.Cl.Cl. The molecule has 1 unspecified atom stereocenters. The molecule has 2 rings (SSSR count). The van der Waals surface area contributed by atoms with E-state index in [4.69, 9.17) is 16.3 Å². The monoisotopic (exact) mass is 383 g/mol. The first-order valence-corrected chi connectivity index (χ1v) is 7.56. The molecule has 23 heavy (non-hydrogen) atoms. The van der Waals surface area contributed by atoms with Crippen molar-refractivity contribution in [1.29, 1.82) is 0 Å². The Hall–Kier alpha value is -0.720. The summed E-state index contributed by atoms with van der Waals surface area (Å²) in [6.07, 6.45) is 0.955. The highest BCUT2D eigenvalue weighted by Crippen LogP contribution is 2.23. The molecule has 1 aromatic carbocycles. The maximum absolute atomic E-state index is 11.8. The number of nitrogens with zero attached hydrogens (tertiary/aromatic N) is 1. The Morgan fingerprint density at radius 1 is 1.43 bits per heavy atom. The van der Waals surface area contributed by atoms with Crippen LogP contribution >= 0.6 is 36.4 Å². The van der Waals surface area contributed by atoms with Crippen molar-refractivity contribution in [3.63, 3.8) is 0 Å². The highest BCUT2D eigenvalue weighted by molar-refractivity contribution is 6.30. The van der Waals surface area contributed by atoms with Crippen LogP contribution in [0.25, 0.3) is 0 Å². The van der Waals surface area contributed by atoms with Crippen molar-refractivity contribution in [2.75, 3.05) is 44.8 Å². The number of carbonyl (C=O) groups is 1. The largest absolute Gasteiger partial charge is 0.383 e. The Balaban J connectivity index is 0.00000242. The van der Waals surface area contributed by atoms with E-state index in [1.165, 1.54) is 0 Å². The number of hydrogen-bond acceptors (Lipinski definition) is 4. The Morgan fingerprint density at radius 2 is 2.22 bits per heavy atom. The van der Waals surface area contributed by atoms with Crippen molar-refractivity contribution < 1.29 is 9.53 Å². The van der Waals surface area contributed by atoms with E-state index in [1.807, 2.05) is 24.3 Å². The summed E-state index contributed by atoms with van der Waals surface area (Å²) in [5.41, 5.74) is 1.11. The number of hydrogen-bond donors (Lipinski definition) is 2. The topological polar surface area (TPSA) is 53.6 Å². The van der Waals surface area contributed by atoms with Gasteiger partial charge in [-0.15, -0.1) is 24.8 Å². The summed E-state index contributed by atoms with van der Waals surface area (Å²) < 4.78 is 4.92. The van der Waals surface area contributed by atoms with Crippen LogP contribution in [0.4, 0.5) is 5.69 Å². The fraction of sp³-hybridized carbons (Fsp3) is 0.533. The molecule has 1 heterocycles. The summed E-state index contributed by atoms with van der Waals surface area (Å²) in [6.45, 7) is 3.38. The molecule has 0 saturated carbocycles. The summed E-state index contributed by atoms with van der Waals surface area (Å²) in [5, 5.41) is 6.83. The summed E-state index contributed by atoms with van der Waals surface area (Å²) in [6, 6.07) is 8.01. The van der Waals surface area contributed by atoms with Crippen LogP contribution in [0.15, 0.2) is 24.3 Å². The van der Waals surface area contributed by atoms with Gasteiger partial charge in [-0.05, 0) is 24.6 Å². The van der Waals surface area contributed by atoms with Crippen LogP contribution in [-0.2, 0) is 9.53 Å². The van der Waals surface area contributed by atoms with E-state index in [1.54, 1.807) is 7.11 Å². The molecule has 0 aliphatic carbocycles. The fourth-order valence-electron chi connectivity index (χ4n) is 2.44. The van der Waals surface area contributed by atoms with Gasteiger partial charge in [0.2, 0.25) is 5.91 Å². The van der Waals surface area contributed by atoms with Gasteiger partial charge in [-0.3, -0.25) is 4.79 Å². The molecule has 1 atom stereocenters. The second-order valence-corrected chi connectivity index (χ2v) is 5.59. The van der Waals surface area contributed by atoms with Crippen molar-refractivity contribution in [2.24, 2.45) is 0 Å². The van der Waals surface area contributed by atoms with Gasteiger partial charge >= 0.3 is 0 Å². The van der Waals surface area contributed by atoms with Gasteiger partial charge in [-0.25, -0.2) is 0 Å². The van der Waals surface area contributed by atoms with Gasteiger partial charge in [0, 0.05) is 43.5 Å². The molecule has 5 nitrogen and oxygen atoms in total. The minimum absolute atomic E-state index is 0. The van der Waals surface area contributed by atoms with E-state index in [9.17, 15) is 4.79 Å². The second kappa shape index (κ2) is 11.8. The molecule has 0 radical (unpaired) electrons. The van der Waals surface area contributed by atoms with Crippen molar-refractivity contribution >= 4 is 48.0 Å². The van der Waals surface area contributed by atoms with Gasteiger partial charge < -0.3 is 20.3 Å². The minimum Gasteiger partial charge on any atom is -0.383 e. The fourth-order valence-corrected chi connectivity index (χ4v) is 2.62. The van der Waals surface area contributed by atoms with Crippen LogP contribution in [0, 0.1) is 0 Å². The Bertz CT molecular complexity index is 477. The van der Waals surface area contributed by atoms with Gasteiger partial charge in [-0.1, -0.05) is 17.7 Å². The molecule has 1 aromatic rings. The molecule has 0 aromatic heterocycles. The summed E-state index contributed by atoms with van der Waals surface area (Å²) in [7, 11) is 1.64. The third-order valence-electron chi connectivity index (χ3n) is 3.50. The molecular formula is C15H24Cl3N3O2. The third kappa shape index (κ3) is 7.59. The second-order valence-electron chi connectivity index (χ2n) is 5.15. The average molecular weight is 385 g/mol. The van der Waals surface area contributed by atoms with Crippen LogP contribution in [0.3, 0.4) is 0 Å². The van der Waals surface area contributed by atoms with E-state index in [-0.39, 0.29) is 36.8 Å². The number of anilines is 1. The first kappa shape index (κ1) is 22.3. The van der Waals surface area contributed by atoms with E-state index >= 15 is 0 Å². The van der Waals surface area contributed by atoms with E-state index in [0.717, 1.165) is 30.2 Å². The van der Waals surface area contributed by atoms with Crippen LogP contribution in [0.2, 0.25) is 5.02 Å². The van der Waals surface area contributed by atoms with Gasteiger partial charge in [-0.2, -0.15) is 0 Å². The number of rotatable bonds is 7. The quantitative estimate of drug-likeness (QED) is 0.707. The van der Waals surface area contributed by atoms with E-state index < -0.39 is 0 Å². The lowest BCUT2D eigenvalue weighted by Crippen LogP contribution is -2.42. The zero-order valence-corrected chi connectivity index (χ0v) is 15.5. The maximum atomic E-state index is 11.8. The summed E-state index contributed by atoms with van der Waals surface area (Å²) in [5.74, 6) is 0.0315. The summed E-state index contributed by atoms with van der Waals surface area (Å²) in [4.78, 5) is 14.1. The lowest BCUT2D eigenvalue weighted by Gasteiger charge is -2.19. The Morgan fingerprint density at radius 3 is 2.91 bits per heavy atom. The predicted octanol–water partition coefficient (Wildman–Crippen LogP) is 2.11.